The number of amides is 2. The lowest BCUT2D eigenvalue weighted by Crippen LogP contribution is -2.49. The van der Waals surface area contributed by atoms with E-state index in [2.05, 4.69) is 15.5 Å². The van der Waals surface area contributed by atoms with Crippen LogP contribution in [0.4, 0.5) is 4.79 Å². The Hall–Kier alpha value is -1.34. The standard InChI is InChI=1S/C12H23N3O4/c1-8(15(2)9-3-4-9)7-13-12(19)14-10(5-6-16)11(17)18/h8-10,16H,3-7H2,1-2H3,(H,17,18)(H2,13,14,19)/t8?,10-/m1/s1. The van der Waals surface area contributed by atoms with Gasteiger partial charge in [-0.2, -0.15) is 0 Å². The van der Waals surface area contributed by atoms with Gasteiger partial charge in [-0.3, -0.25) is 4.90 Å². The summed E-state index contributed by atoms with van der Waals surface area (Å²) in [5.41, 5.74) is 0. The lowest BCUT2D eigenvalue weighted by Gasteiger charge is -2.25. The van der Waals surface area contributed by atoms with E-state index in [4.69, 9.17) is 10.2 Å². The Balaban J connectivity index is 2.27. The molecule has 7 heteroatoms. The van der Waals surface area contributed by atoms with Crippen molar-refractivity contribution < 1.29 is 19.8 Å². The fourth-order valence-electron chi connectivity index (χ4n) is 1.82. The maximum atomic E-state index is 11.6. The second kappa shape index (κ2) is 7.30. The molecule has 0 spiro atoms. The zero-order valence-corrected chi connectivity index (χ0v) is 11.4. The van der Waals surface area contributed by atoms with Crippen LogP contribution in [0.25, 0.3) is 0 Å². The van der Waals surface area contributed by atoms with Crippen molar-refractivity contribution in [3.8, 4) is 0 Å². The number of aliphatic hydroxyl groups is 1. The molecule has 0 saturated heterocycles. The Morgan fingerprint density at radius 3 is 2.53 bits per heavy atom. The highest BCUT2D eigenvalue weighted by molar-refractivity contribution is 5.82. The number of hydrogen-bond acceptors (Lipinski definition) is 4. The van der Waals surface area contributed by atoms with E-state index in [1.165, 1.54) is 12.8 Å². The number of nitrogens with zero attached hydrogens (tertiary/aromatic N) is 1. The molecule has 1 aliphatic carbocycles. The van der Waals surface area contributed by atoms with Gasteiger partial charge < -0.3 is 20.8 Å². The van der Waals surface area contributed by atoms with Gasteiger partial charge in [0, 0.05) is 31.7 Å². The van der Waals surface area contributed by atoms with Crippen LogP contribution in [0.1, 0.15) is 26.2 Å². The number of nitrogens with one attached hydrogen (secondary N) is 2. The number of aliphatic hydroxyl groups excluding tert-OH is 1. The summed E-state index contributed by atoms with van der Waals surface area (Å²) in [7, 11) is 2.02. The van der Waals surface area contributed by atoms with Crippen LogP contribution in [-0.2, 0) is 4.79 Å². The fourth-order valence-corrected chi connectivity index (χ4v) is 1.82. The van der Waals surface area contributed by atoms with Gasteiger partial charge in [-0.05, 0) is 26.8 Å². The van der Waals surface area contributed by atoms with Crippen LogP contribution in [-0.4, -0.2) is 65.4 Å². The van der Waals surface area contributed by atoms with Crippen molar-refractivity contribution in [2.75, 3.05) is 20.2 Å². The number of aliphatic carboxylic acids is 1. The van der Waals surface area contributed by atoms with Gasteiger partial charge >= 0.3 is 12.0 Å². The van der Waals surface area contributed by atoms with Crippen LogP contribution in [0.15, 0.2) is 0 Å². The minimum atomic E-state index is -1.15. The van der Waals surface area contributed by atoms with Crippen molar-refractivity contribution in [1.82, 2.24) is 15.5 Å². The van der Waals surface area contributed by atoms with Gasteiger partial charge in [0.05, 0.1) is 0 Å². The molecular formula is C12H23N3O4. The molecule has 19 heavy (non-hydrogen) atoms. The second-order valence-corrected chi connectivity index (χ2v) is 5.00. The molecule has 1 rings (SSSR count). The predicted octanol–water partition coefficient (Wildman–Crippen LogP) is -0.396. The molecule has 0 heterocycles. The Morgan fingerprint density at radius 2 is 2.05 bits per heavy atom. The number of likely N-dealkylation sites (N-methyl/N-ethyl adjacent to an activating group) is 1. The molecule has 2 amide bonds. The fraction of sp³-hybridized carbons (Fsp3) is 0.833. The van der Waals surface area contributed by atoms with E-state index in [1.807, 2.05) is 14.0 Å². The van der Waals surface area contributed by atoms with E-state index < -0.39 is 18.0 Å². The Bertz CT molecular complexity index is 320. The van der Waals surface area contributed by atoms with Gasteiger partial charge in [-0.1, -0.05) is 0 Å². The monoisotopic (exact) mass is 273 g/mol. The maximum absolute atomic E-state index is 11.6. The predicted molar refractivity (Wildman–Crippen MR) is 69.9 cm³/mol. The van der Waals surface area contributed by atoms with E-state index in [9.17, 15) is 9.59 Å². The summed E-state index contributed by atoms with van der Waals surface area (Å²) in [5, 5.41) is 22.5. The van der Waals surface area contributed by atoms with Crippen LogP contribution in [0.5, 0.6) is 0 Å². The molecule has 110 valence electrons. The summed E-state index contributed by atoms with van der Waals surface area (Å²) in [4.78, 5) is 24.6. The molecule has 0 aromatic heterocycles. The highest BCUT2D eigenvalue weighted by atomic mass is 16.4. The molecule has 1 aliphatic rings. The van der Waals surface area contributed by atoms with Gasteiger partial charge in [0.25, 0.3) is 0 Å². The Labute approximate surface area is 113 Å². The first kappa shape index (κ1) is 15.7. The number of carboxylic acids is 1. The molecule has 0 aliphatic heterocycles. The third-order valence-corrected chi connectivity index (χ3v) is 3.40. The lowest BCUT2D eigenvalue weighted by atomic mass is 10.2. The van der Waals surface area contributed by atoms with E-state index >= 15 is 0 Å². The minimum Gasteiger partial charge on any atom is -0.480 e. The molecule has 0 bridgehead atoms. The van der Waals surface area contributed by atoms with Crippen molar-refractivity contribution >= 4 is 12.0 Å². The smallest absolute Gasteiger partial charge is 0.326 e. The number of urea groups is 1. The molecule has 2 atom stereocenters. The van der Waals surface area contributed by atoms with Crippen LogP contribution >= 0.6 is 0 Å². The SMILES string of the molecule is CC(CNC(=O)N[C@H](CCO)C(=O)O)N(C)C1CC1. The number of carboxylic acid groups (broad SMARTS) is 1. The summed E-state index contributed by atoms with van der Waals surface area (Å²) in [6, 6.07) is -0.751. The van der Waals surface area contributed by atoms with Crippen LogP contribution in [0, 0.1) is 0 Å². The first-order valence-electron chi connectivity index (χ1n) is 6.55. The Kier molecular flexibility index (Phi) is 6.04. The third kappa shape index (κ3) is 5.44. The van der Waals surface area contributed by atoms with E-state index in [-0.39, 0.29) is 19.1 Å². The van der Waals surface area contributed by atoms with Crippen molar-refractivity contribution in [2.45, 2.75) is 44.3 Å². The van der Waals surface area contributed by atoms with Crippen LogP contribution in [0.2, 0.25) is 0 Å². The molecule has 0 aromatic carbocycles. The molecule has 4 N–H and O–H groups in total. The first-order chi connectivity index (χ1) is 8.95. The summed E-state index contributed by atoms with van der Waals surface area (Å²) >= 11 is 0. The number of carbonyl (C=O) groups excluding carboxylic acids is 1. The third-order valence-electron chi connectivity index (χ3n) is 3.40. The van der Waals surface area contributed by atoms with Crippen molar-refractivity contribution in [1.29, 1.82) is 0 Å². The van der Waals surface area contributed by atoms with Gasteiger partial charge in [0.15, 0.2) is 0 Å². The minimum absolute atomic E-state index is 0.000282. The second-order valence-electron chi connectivity index (χ2n) is 5.00. The largest absolute Gasteiger partial charge is 0.480 e. The normalized spacial score (nSPS) is 17.9. The van der Waals surface area contributed by atoms with Crippen LogP contribution in [0.3, 0.4) is 0 Å². The van der Waals surface area contributed by atoms with E-state index in [1.54, 1.807) is 0 Å². The summed E-state index contributed by atoms with van der Waals surface area (Å²) in [6.45, 7) is 2.20. The average molecular weight is 273 g/mol. The van der Waals surface area contributed by atoms with E-state index in [0.29, 0.717) is 12.6 Å². The lowest BCUT2D eigenvalue weighted by molar-refractivity contribution is -0.139. The van der Waals surface area contributed by atoms with Gasteiger partial charge in [-0.15, -0.1) is 0 Å². The van der Waals surface area contributed by atoms with Gasteiger partial charge in [-0.25, -0.2) is 9.59 Å². The number of hydrogen-bond donors (Lipinski definition) is 4. The summed E-state index contributed by atoms with van der Waals surface area (Å²) in [5.74, 6) is -1.15. The molecular weight excluding hydrogens is 250 g/mol. The average Bonchev–Trinajstić information content (AvgIpc) is 3.18. The van der Waals surface area contributed by atoms with Gasteiger partial charge in [0.2, 0.25) is 0 Å². The maximum Gasteiger partial charge on any atom is 0.326 e. The zero-order valence-electron chi connectivity index (χ0n) is 11.4. The van der Waals surface area contributed by atoms with Crippen molar-refractivity contribution in [3.63, 3.8) is 0 Å². The molecule has 0 aromatic rings. The summed E-state index contributed by atoms with van der Waals surface area (Å²) in [6.07, 6.45) is 2.40. The molecule has 1 saturated carbocycles. The number of carbonyl (C=O) groups is 2. The van der Waals surface area contributed by atoms with E-state index in [0.717, 1.165) is 0 Å². The topological polar surface area (TPSA) is 102 Å². The Morgan fingerprint density at radius 1 is 1.42 bits per heavy atom. The molecule has 0 radical (unpaired) electrons. The highest BCUT2D eigenvalue weighted by Crippen LogP contribution is 2.26. The van der Waals surface area contributed by atoms with Crippen LogP contribution < -0.4 is 10.6 Å². The zero-order chi connectivity index (χ0) is 14.4. The molecule has 7 nitrogen and oxygen atoms in total. The molecule has 1 fully saturated rings. The van der Waals surface area contributed by atoms with Crippen molar-refractivity contribution in [3.05, 3.63) is 0 Å². The quantitative estimate of drug-likeness (QED) is 0.482. The highest BCUT2D eigenvalue weighted by Gasteiger charge is 2.29. The van der Waals surface area contributed by atoms with Crippen molar-refractivity contribution in [2.24, 2.45) is 0 Å². The molecule has 1 unspecified atom stereocenters. The summed E-state index contributed by atoms with van der Waals surface area (Å²) < 4.78 is 0. The first-order valence-corrected chi connectivity index (χ1v) is 6.55. The van der Waals surface area contributed by atoms with Gasteiger partial charge in [0.1, 0.15) is 6.04 Å². The number of rotatable bonds is 8.